The van der Waals surface area contributed by atoms with E-state index in [-0.39, 0.29) is 12.2 Å². The molecule has 3 saturated carbocycles. The second-order valence-corrected chi connectivity index (χ2v) is 12.0. The van der Waals surface area contributed by atoms with Gasteiger partial charge in [-0.25, -0.2) is 0 Å². The molecule has 0 aromatic carbocycles. The number of hydrogen-bond donors (Lipinski definition) is 2. The Morgan fingerprint density at radius 3 is 2.59 bits per heavy atom. The SMILES string of the molecule is C[C@H](CCN1CCN(C)C[C@H]1C)[C@H]1CC[C@H]2/C(=C/C=C3C[C@@H](O)C[C@H](O)C3)CCC[C@]12C. The van der Waals surface area contributed by atoms with Gasteiger partial charge in [-0.3, -0.25) is 4.90 Å². The maximum atomic E-state index is 10.0. The van der Waals surface area contributed by atoms with Crippen LogP contribution < -0.4 is 0 Å². The van der Waals surface area contributed by atoms with E-state index >= 15 is 0 Å². The van der Waals surface area contributed by atoms with E-state index in [2.05, 4.69) is 49.8 Å². The summed E-state index contributed by atoms with van der Waals surface area (Å²) in [6, 6.07) is 0.682. The molecule has 4 heteroatoms. The minimum absolute atomic E-state index is 0.375. The molecule has 0 amide bonds. The first kappa shape index (κ1) is 24.4. The molecule has 182 valence electrons. The first-order valence-electron chi connectivity index (χ1n) is 13.4. The molecule has 4 aliphatic rings. The van der Waals surface area contributed by atoms with Gasteiger partial charge in [0.2, 0.25) is 0 Å². The molecule has 2 N–H and O–H groups in total. The first-order valence-corrected chi connectivity index (χ1v) is 13.4. The van der Waals surface area contributed by atoms with Crippen LogP contribution in [0, 0.1) is 23.2 Å². The topological polar surface area (TPSA) is 46.9 Å². The molecule has 0 unspecified atom stereocenters. The van der Waals surface area contributed by atoms with Gasteiger partial charge in [-0.05, 0) is 101 Å². The van der Waals surface area contributed by atoms with E-state index in [4.69, 9.17) is 0 Å². The van der Waals surface area contributed by atoms with Crippen LogP contribution >= 0.6 is 0 Å². The molecular weight excluding hydrogens is 396 g/mol. The molecule has 1 aliphatic heterocycles. The average Bonchev–Trinajstić information content (AvgIpc) is 3.08. The van der Waals surface area contributed by atoms with Crippen LogP contribution in [0.2, 0.25) is 0 Å². The highest BCUT2D eigenvalue weighted by molar-refractivity contribution is 5.26. The molecule has 4 rings (SSSR count). The van der Waals surface area contributed by atoms with Crippen LogP contribution in [0.25, 0.3) is 0 Å². The monoisotopic (exact) mass is 444 g/mol. The summed E-state index contributed by atoms with van der Waals surface area (Å²) in [5, 5.41) is 20.0. The maximum absolute atomic E-state index is 10.0. The van der Waals surface area contributed by atoms with Gasteiger partial charge in [0.05, 0.1) is 12.2 Å². The highest BCUT2D eigenvalue weighted by Gasteiger charge is 2.50. The summed E-state index contributed by atoms with van der Waals surface area (Å²) in [7, 11) is 2.25. The van der Waals surface area contributed by atoms with Crippen molar-refractivity contribution in [1.82, 2.24) is 9.80 Å². The molecule has 0 aromatic heterocycles. The molecule has 0 bridgehead atoms. The Morgan fingerprint density at radius 1 is 1.12 bits per heavy atom. The van der Waals surface area contributed by atoms with Gasteiger partial charge in [0.15, 0.2) is 0 Å². The van der Waals surface area contributed by atoms with E-state index in [0.29, 0.717) is 17.9 Å². The zero-order valence-corrected chi connectivity index (χ0v) is 21.1. The Bertz CT molecular complexity index is 692. The number of allylic oxidation sites excluding steroid dienone is 3. The normalized spacial score (nSPS) is 41.6. The van der Waals surface area contributed by atoms with Gasteiger partial charge in [-0.15, -0.1) is 0 Å². The maximum Gasteiger partial charge on any atom is 0.0602 e. The Morgan fingerprint density at radius 2 is 1.88 bits per heavy atom. The number of rotatable bonds is 5. The second kappa shape index (κ2) is 10.3. The summed E-state index contributed by atoms with van der Waals surface area (Å²) in [5.41, 5.74) is 3.31. The van der Waals surface area contributed by atoms with E-state index in [1.165, 1.54) is 70.3 Å². The van der Waals surface area contributed by atoms with Crippen molar-refractivity contribution in [3.05, 3.63) is 23.3 Å². The number of hydrogen-bond acceptors (Lipinski definition) is 4. The Kier molecular flexibility index (Phi) is 7.86. The summed E-state index contributed by atoms with van der Waals surface area (Å²) < 4.78 is 0. The highest BCUT2D eigenvalue weighted by Crippen LogP contribution is 2.59. The second-order valence-electron chi connectivity index (χ2n) is 12.0. The van der Waals surface area contributed by atoms with Crippen LogP contribution in [0.4, 0.5) is 0 Å². The number of piperazine rings is 1. The minimum atomic E-state index is -0.375. The fourth-order valence-corrected chi connectivity index (χ4v) is 7.82. The van der Waals surface area contributed by atoms with Crippen LogP contribution in [0.5, 0.6) is 0 Å². The van der Waals surface area contributed by atoms with Crippen LogP contribution in [-0.2, 0) is 0 Å². The zero-order valence-electron chi connectivity index (χ0n) is 21.1. The van der Waals surface area contributed by atoms with Gasteiger partial charge in [-0.2, -0.15) is 0 Å². The van der Waals surface area contributed by atoms with Gasteiger partial charge in [0, 0.05) is 25.7 Å². The molecule has 0 aromatic rings. The summed E-state index contributed by atoms with van der Waals surface area (Å²) >= 11 is 0. The van der Waals surface area contributed by atoms with E-state index in [9.17, 15) is 10.2 Å². The Labute approximate surface area is 196 Å². The molecule has 1 heterocycles. The molecule has 0 radical (unpaired) electrons. The number of nitrogens with zero attached hydrogens (tertiary/aromatic N) is 2. The van der Waals surface area contributed by atoms with Gasteiger partial charge < -0.3 is 15.1 Å². The minimum Gasteiger partial charge on any atom is -0.393 e. The number of aliphatic hydroxyl groups is 2. The molecule has 4 fully saturated rings. The predicted octanol–water partition coefficient (Wildman–Crippen LogP) is 4.62. The van der Waals surface area contributed by atoms with Crippen LogP contribution in [0.1, 0.15) is 78.6 Å². The predicted molar refractivity (Wildman–Crippen MR) is 133 cm³/mol. The van der Waals surface area contributed by atoms with Crippen molar-refractivity contribution in [2.24, 2.45) is 23.2 Å². The standard InChI is InChI=1S/C28H48N2O2/c1-20(11-13-30-15-14-29(4)19-21(30)2)26-9-10-27-23(6-5-12-28(26,27)3)8-7-22-16-24(31)18-25(32)17-22/h7-8,20-21,24-27,31-32H,5-6,9-19H2,1-4H3/b23-8+/t20-,21-,24-,25-,26-,27+,28-/m1/s1. The first-order chi connectivity index (χ1) is 15.3. The zero-order chi connectivity index (χ0) is 22.9. The molecule has 4 nitrogen and oxygen atoms in total. The smallest absolute Gasteiger partial charge is 0.0602 e. The molecular formula is C28H48N2O2. The quantitative estimate of drug-likeness (QED) is 0.649. The third-order valence-electron chi connectivity index (χ3n) is 9.64. The van der Waals surface area contributed by atoms with Crippen LogP contribution in [0.15, 0.2) is 23.3 Å². The lowest BCUT2D eigenvalue weighted by Crippen LogP contribution is -2.50. The van der Waals surface area contributed by atoms with Crippen molar-refractivity contribution in [3.8, 4) is 0 Å². The fraction of sp³-hybridized carbons (Fsp3) is 0.857. The summed E-state index contributed by atoms with van der Waals surface area (Å²) in [6.07, 6.45) is 13.9. The third kappa shape index (κ3) is 5.35. The van der Waals surface area contributed by atoms with Crippen molar-refractivity contribution in [1.29, 1.82) is 0 Å². The van der Waals surface area contributed by atoms with Gasteiger partial charge in [0.25, 0.3) is 0 Å². The van der Waals surface area contributed by atoms with Gasteiger partial charge in [-0.1, -0.05) is 37.1 Å². The third-order valence-corrected chi connectivity index (χ3v) is 9.64. The van der Waals surface area contributed by atoms with Crippen LogP contribution in [0.3, 0.4) is 0 Å². The highest BCUT2D eigenvalue weighted by atomic mass is 16.3. The van der Waals surface area contributed by atoms with E-state index in [1.807, 2.05) is 0 Å². The van der Waals surface area contributed by atoms with E-state index in [0.717, 1.165) is 30.6 Å². The average molecular weight is 445 g/mol. The van der Waals surface area contributed by atoms with Crippen molar-refractivity contribution in [2.45, 2.75) is 96.8 Å². The summed E-state index contributed by atoms with van der Waals surface area (Å²) in [5.74, 6) is 2.35. The number of aliphatic hydroxyl groups excluding tert-OH is 2. The molecule has 32 heavy (non-hydrogen) atoms. The lowest BCUT2D eigenvalue weighted by atomic mass is 9.61. The molecule has 3 aliphatic carbocycles. The number of fused-ring (bicyclic) bond motifs is 1. The number of likely N-dealkylation sites (N-methyl/N-ethyl adjacent to an activating group) is 1. The Hall–Kier alpha value is -0.680. The van der Waals surface area contributed by atoms with Crippen molar-refractivity contribution in [2.75, 3.05) is 33.2 Å². The lowest BCUT2D eigenvalue weighted by Gasteiger charge is -2.45. The van der Waals surface area contributed by atoms with E-state index in [1.54, 1.807) is 5.57 Å². The molecule has 7 atom stereocenters. The Balaban J connectivity index is 1.38. The largest absolute Gasteiger partial charge is 0.393 e. The molecule has 0 spiro atoms. The van der Waals surface area contributed by atoms with Gasteiger partial charge in [0.1, 0.15) is 0 Å². The molecule has 1 saturated heterocycles. The van der Waals surface area contributed by atoms with Crippen LogP contribution in [-0.4, -0.2) is 71.5 Å². The summed E-state index contributed by atoms with van der Waals surface area (Å²) in [4.78, 5) is 5.18. The summed E-state index contributed by atoms with van der Waals surface area (Å²) in [6.45, 7) is 12.4. The van der Waals surface area contributed by atoms with E-state index < -0.39 is 0 Å². The van der Waals surface area contributed by atoms with Crippen molar-refractivity contribution < 1.29 is 10.2 Å². The van der Waals surface area contributed by atoms with Crippen molar-refractivity contribution >= 4 is 0 Å². The van der Waals surface area contributed by atoms with Gasteiger partial charge >= 0.3 is 0 Å². The van der Waals surface area contributed by atoms with Crippen molar-refractivity contribution in [3.63, 3.8) is 0 Å². The lowest BCUT2D eigenvalue weighted by molar-refractivity contribution is 0.0608. The fourth-order valence-electron chi connectivity index (χ4n) is 7.82.